The van der Waals surface area contributed by atoms with Crippen LogP contribution in [-0.2, 0) is 0 Å². The highest BCUT2D eigenvalue weighted by Crippen LogP contribution is 2.50. The third kappa shape index (κ3) is 7.06. The van der Waals surface area contributed by atoms with Crippen LogP contribution in [0, 0.1) is 0 Å². The van der Waals surface area contributed by atoms with E-state index in [9.17, 15) is 0 Å². The van der Waals surface area contributed by atoms with E-state index in [0.29, 0.717) is 17.5 Å². The van der Waals surface area contributed by atoms with Crippen LogP contribution in [0.25, 0.3) is 106 Å². The summed E-state index contributed by atoms with van der Waals surface area (Å²) in [6.07, 6.45) is 7.24. The molecule has 0 N–H and O–H groups in total. The van der Waals surface area contributed by atoms with Crippen molar-refractivity contribution in [2.75, 3.05) is 4.90 Å². The molecule has 13 aromatic rings. The van der Waals surface area contributed by atoms with E-state index >= 15 is 0 Å². The minimum absolute atomic E-state index is 0.200. The van der Waals surface area contributed by atoms with Crippen LogP contribution < -0.4 is 4.90 Å². The molecule has 15 rings (SSSR count). The van der Waals surface area contributed by atoms with Gasteiger partial charge in [-0.15, -0.1) is 0 Å². The molecule has 4 heterocycles. The van der Waals surface area contributed by atoms with Gasteiger partial charge in [-0.25, -0.2) is 15.0 Å². The molecule has 75 heavy (non-hydrogen) atoms. The SMILES string of the molecule is C1=CC2C(C=C1c1ccc3c(c1)c1ccccc1n3-c1cc(-c3ccc(-c4nc(-c5ccccc5)nc(-c5ccccc5)n4)cc3)ccc1-n1c3ccccc3c3ccccc31)c1ccccc1N2c1ccccc1. The van der Waals surface area contributed by atoms with Gasteiger partial charge < -0.3 is 14.0 Å². The van der Waals surface area contributed by atoms with E-state index in [-0.39, 0.29) is 12.0 Å². The largest absolute Gasteiger partial charge is 0.333 e. The zero-order chi connectivity index (χ0) is 49.4. The predicted octanol–water partition coefficient (Wildman–Crippen LogP) is 17.0. The lowest BCUT2D eigenvalue weighted by Gasteiger charge is -2.29. The number of aromatic nitrogens is 5. The lowest BCUT2D eigenvalue weighted by Crippen LogP contribution is -2.28. The molecular formula is C69H46N6. The van der Waals surface area contributed by atoms with Crippen LogP contribution in [0.1, 0.15) is 17.0 Å². The third-order valence-electron chi connectivity index (χ3n) is 15.3. The fourth-order valence-electron chi connectivity index (χ4n) is 11.8. The van der Waals surface area contributed by atoms with Crippen molar-refractivity contribution in [3.8, 4) is 56.7 Å². The quantitative estimate of drug-likeness (QED) is 0.152. The second kappa shape index (κ2) is 17.4. The minimum atomic E-state index is 0.200. The number of anilines is 2. The predicted molar refractivity (Wildman–Crippen MR) is 309 cm³/mol. The lowest BCUT2D eigenvalue weighted by molar-refractivity contribution is 0.747. The Kier molecular flexibility index (Phi) is 9.91. The number of rotatable bonds is 8. The molecule has 0 radical (unpaired) electrons. The van der Waals surface area contributed by atoms with Gasteiger partial charge in [0.2, 0.25) is 0 Å². The first-order valence-corrected chi connectivity index (χ1v) is 25.7. The fraction of sp³-hybridized carbons (Fsp3) is 0.0290. The molecule has 1 aliphatic carbocycles. The highest BCUT2D eigenvalue weighted by molar-refractivity contribution is 6.12. The summed E-state index contributed by atoms with van der Waals surface area (Å²) < 4.78 is 4.93. The van der Waals surface area contributed by atoms with Gasteiger partial charge in [0, 0.05) is 55.5 Å². The molecule has 3 aromatic heterocycles. The van der Waals surface area contributed by atoms with Crippen molar-refractivity contribution in [2.45, 2.75) is 12.0 Å². The summed E-state index contributed by atoms with van der Waals surface area (Å²) in [4.78, 5) is 17.5. The first-order chi connectivity index (χ1) is 37.2. The molecule has 2 unspecified atom stereocenters. The maximum atomic E-state index is 5.03. The van der Waals surface area contributed by atoms with Crippen LogP contribution in [0.2, 0.25) is 0 Å². The molecule has 0 saturated carbocycles. The van der Waals surface area contributed by atoms with E-state index in [1.807, 2.05) is 60.7 Å². The summed E-state index contributed by atoms with van der Waals surface area (Å²) in [6, 6.07) is 89.3. The van der Waals surface area contributed by atoms with E-state index in [0.717, 1.165) is 61.3 Å². The molecule has 10 aromatic carbocycles. The zero-order valence-corrected chi connectivity index (χ0v) is 40.7. The number of allylic oxidation sites excluding steroid dienone is 2. The van der Waals surface area contributed by atoms with Crippen molar-refractivity contribution < 1.29 is 0 Å². The Labute approximate surface area is 434 Å². The number of benzene rings is 10. The Morgan fingerprint density at radius 1 is 0.320 bits per heavy atom. The van der Waals surface area contributed by atoms with Crippen LogP contribution in [0.4, 0.5) is 11.4 Å². The Morgan fingerprint density at radius 3 is 1.41 bits per heavy atom. The molecule has 0 spiro atoms. The van der Waals surface area contributed by atoms with E-state index in [1.54, 1.807) is 0 Å². The molecule has 2 aliphatic rings. The average molecular weight is 959 g/mol. The Hall–Kier alpha value is -9.91. The van der Waals surface area contributed by atoms with Gasteiger partial charge in [-0.05, 0) is 88.5 Å². The number of nitrogens with zero attached hydrogens (tertiary/aromatic N) is 6. The molecule has 0 fully saturated rings. The smallest absolute Gasteiger partial charge is 0.164 e. The topological polar surface area (TPSA) is 51.8 Å². The van der Waals surface area contributed by atoms with Gasteiger partial charge in [0.1, 0.15) is 0 Å². The molecule has 352 valence electrons. The minimum Gasteiger partial charge on any atom is -0.333 e. The highest BCUT2D eigenvalue weighted by Gasteiger charge is 2.38. The normalized spacial score (nSPS) is 14.9. The van der Waals surface area contributed by atoms with E-state index in [1.165, 1.54) is 49.6 Å². The highest BCUT2D eigenvalue weighted by atomic mass is 15.2. The number of hydrogen-bond donors (Lipinski definition) is 0. The van der Waals surface area contributed by atoms with Crippen molar-refractivity contribution >= 4 is 60.6 Å². The number of hydrogen-bond acceptors (Lipinski definition) is 4. The maximum absolute atomic E-state index is 5.03. The summed E-state index contributed by atoms with van der Waals surface area (Å²) in [5, 5.41) is 4.87. The van der Waals surface area contributed by atoms with Crippen molar-refractivity contribution in [3.63, 3.8) is 0 Å². The summed E-state index contributed by atoms with van der Waals surface area (Å²) in [5.41, 5.74) is 18.1. The Morgan fingerprint density at radius 2 is 0.787 bits per heavy atom. The monoisotopic (exact) mass is 958 g/mol. The van der Waals surface area contributed by atoms with Crippen LogP contribution in [0.3, 0.4) is 0 Å². The molecule has 0 saturated heterocycles. The molecule has 0 amide bonds. The molecule has 2 atom stereocenters. The second-order valence-corrected chi connectivity index (χ2v) is 19.5. The summed E-state index contributed by atoms with van der Waals surface area (Å²) in [7, 11) is 0. The van der Waals surface area contributed by atoms with E-state index in [2.05, 4.69) is 220 Å². The fourth-order valence-corrected chi connectivity index (χ4v) is 11.8. The van der Waals surface area contributed by atoms with Crippen molar-refractivity contribution in [3.05, 3.63) is 278 Å². The first kappa shape index (κ1) is 42.7. The first-order valence-electron chi connectivity index (χ1n) is 25.7. The van der Waals surface area contributed by atoms with Crippen molar-refractivity contribution in [2.24, 2.45) is 0 Å². The molecule has 1 aliphatic heterocycles. The zero-order valence-electron chi connectivity index (χ0n) is 40.7. The summed E-state index contributed by atoms with van der Waals surface area (Å²) in [6.45, 7) is 0. The second-order valence-electron chi connectivity index (χ2n) is 19.5. The van der Waals surface area contributed by atoms with Gasteiger partial charge in [0.05, 0.1) is 39.5 Å². The Balaban J connectivity index is 0.881. The standard InChI is InChI=1S/C69H46N6/c1-4-18-46(19-5-1)67-70-68(47-20-6-2-7-21-47)72-69(71-67)48-34-32-45(33-35-48)51-38-41-65(74-60-29-15-10-24-53(60)54-25-11-16-30-61(54)74)66(44-51)75-62-31-17-13-27-56(62)58-43-50(37-40-64(58)75)49-36-39-63-57(42-49)55-26-12-14-28-59(55)73(63)52-22-8-3-9-23-52/h1-44,57,63H. The molecular weight excluding hydrogens is 913 g/mol. The van der Waals surface area contributed by atoms with Crippen LogP contribution in [-0.4, -0.2) is 30.1 Å². The van der Waals surface area contributed by atoms with Crippen LogP contribution >= 0.6 is 0 Å². The van der Waals surface area contributed by atoms with Crippen LogP contribution in [0.5, 0.6) is 0 Å². The van der Waals surface area contributed by atoms with E-state index < -0.39 is 0 Å². The van der Waals surface area contributed by atoms with Gasteiger partial charge in [0.25, 0.3) is 0 Å². The van der Waals surface area contributed by atoms with Gasteiger partial charge in [-0.2, -0.15) is 0 Å². The molecule has 6 nitrogen and oxygen atoms in total. The number of para-hydroxylation sites is 5. The van der Waals surface area contributed by atoms with E-state index in [4.69, 9.17) is 15.0 Å². The lowest BCUT2D eigenvalue weighted by atomic mass is 9.86. The van der Waals surface area contributed by atoms with Crippen LogP contribution in [0.15, 0.2) is 267 Å². The van der Waals surface area contributed by atoms with Gasteiger partial charge in [-0.3, -0.25) is 0 Å². The summed E-state index contributed by atoms with van der Waals surface area (Å²) in [5.74, 6) is 2.13. The van der Waals surface area contributed by atoms with Gasteiger partial charge in [-0.1, -0.05) is 206 Å². The number of fused-ring (bicyclic) bond motifs is 9. The summed E-state index contributed by atoms with van der Waals surface area (Å²) >= 11 is 0. The average Bonchev–Trinajstić information content (AvgIpc) is 4.13. The van der Waals surface area contributed by atoms with Crippen molar-refractivity contribution in [1.82, 2.24) is 24.1 Å². The van der Waals surface area contributed by atoms with Crippen molar-refractivity contribution in [1.29, 1.82) is 0 Å². The third-order valence-corrected chi connectivity index (χ3v) is 15.3. The van der Waals surface area contributed by atoms with Gasteiger partial charge >= 0.3 is 0 Å². The Bertz CT molecular complexity index is 4310. The van der Waals surface area contributed by atoms with Gasteiger partial charge in [0.15, 0.2) is 17.5 Å². The molecule has 0 bridgehead atoms. The molecule has 6 heteroatoms. The maximum Gasteiger partial charge on any atom is 0.164 e.